The first-order valence-electron chi connectivity index (χ1n) is 9.59. The van der Waals surface area contributed by atoms with E-state index in [-0.39, 0.29) is 18.1 Å². The van der Waals surface area contributed by atoms with Crippen molar-refractivity contribution in [2.45, 2.75) is 18.4 Å². The van der Waals surface area contributed by atoms with Crippen LogP contribution < -0.4 is 5.32 Å². The summed E-state index contributed by atoms with van der Waals surface area (Å²) in [6.07, 6.45) is -0.380. The third kappa shape index (κ3) is 4.09. The summed E-state index contributed by atoms with van der Waals surface area (Å²) < 4.78 is 32.4. The van der Waals surface area contributed by atoms with Crippen LogP contribution >= 0.6 is 0 Å². The van der Waals surface area contributed by atoms with Gasteiger partial charge in [-0.15, -0.1) is 0 Å². The van der Waals surface area contributed by atoms with Crippen LogP contribution in [0, 0.1) is 11.8 Å². The number of carbonyl (C=O) groups is 2. The second-order valence-electron chi connectivity index (χ2n) is 7.14. The van der Waals surface area contributed by atoms with Gasteiger partial charge in [-0.05, 0) is 33.9 Å². The number of carboxylic acids is 1. The molecule has 0 saturated heterocycles. The molecule has 8 heteroatoms. The number of nitrogens with one attached hydrogen (secondary N) is 1. The summed E-state index contributed by atoms with van der Waals surface area (Å²) in [5.74, 6) is -4.16. The van der Waals surface area contributed by atoms with Gasteiger partial charge in [0.25, 0.3) is 0 Å². The van der Waals surface area contributed by atoms with Gasteiger partial charge < -0.3 is 15.2 Å². The molecule has 1 aromatic heterocycles. The molecule has 0 unspecified atom stereocenters. The second-order valence-corrected chi connectivity index (χ2v) is 7.14. The molecular formula is C23H18F2N2O4. The van der Waals surface area contributed by atoms with E-state index in [0.717, 1.165) is 34.5 Å². The van der Waals surface area contributed by atoms with Crippen molar-refractivity contribution < 1.29 is 28.2 Å². The van der Waals surface area contributed by atoms with E-state index in [2.05, 4.69) is 10.3 Å². The Labute approximate surface area is 176 Å². The van der Waals surface area contributed by atoms with Crippen molar-refractivity contribution in [3.05, 3.63) is 89.2 Å². The first-order valence-corrected chi connectivity index (χ1v) is 9.59. The van der Waals surface area contributed by atoms with Crippen LogP contribution in [0.25, 0.3) is 11.1 Å². The third-order valence-corrected chi connectivity index (χ3v) is 5.28. The molecule has 158 valence electrons. The molecule has 0 fully saturated rings. The van der Waals surface area contributed by atoms with Crippen LogP contribution in [0.1, 0.15) is 22.6 Å². The molecule has 3 aromatic rings. The first-order chi connectivity index (χ1) is 15.0. The molecular weight excluding hydrogens is 406 g/mol. The number of rotatable bonds is 6. The average Bonchev–Trinajstić information content (AvgIpc) is 3.08. The van der Waals surface area contributed by atoms with Crippen molar-refractivity contribution >= 4 is 12.1 Å². The average molecular weight is 424 g/mol. The number of pyridine rings is 1. The van der Waals surface area contributed by atoms with Gasteiger partial charge in [0.2, 0.25) is 5.95 Å². The summed E-state index contributed by atoms with van der Waals surface area (Å²) >= 11 is 0. The largest absolute Gasteiger partial charge is 0.480 e. The van der Waals surface area contributed by atoms with Crippen molar-refractivity contribution in [2.75, 3.05) is 6.61 Å². The van der Waals surface area contributed by atoms with Crippen LogP contribution in [0.15, 0.2) is 60.8 Å². The van der Waals surface area contributed by atoms with Crippen LogP contribution in [0.3, 0.4) is 0 Å². The summed E-state index contributed by atoms with van der Waals surface area (Å²) in [6.45, 7) is 0.00441. The fourth-order valence-corrected chi connectivity index (χ4v) is 3.81. The van der Waals surface area contributed by atoms with Crippen molar-refractivity contribution in [3.63, 3.8) is 0 Å². The zero-order chi connectivity index (χ0) is 22.0. The lowest BCUT2D eigenvalue weighted by Crippen LogP contribution is -2.43. The monoisotopic (exact) mass is 424 g/mol. The van der Waals surface area contributed by atoms with Crippen LogP contribution in [-0.4, -0.2) is 34.8 Å². The summed E-state index contributed by atoms with van der Waals surface area (Å²) in [5.41, 5.74) is 3.94. The minimum atomic E-state index is -1.49. The number of hydrogen-bond donors (Lipinski definition) is 2. The van der Waals surface area contributed by atoms with E-state index in [1.807, 2.05) is 48.5 Å². The van der Waals surface area contributed by atoms with Gasteiger partial charge in [0.1, 0.15) is 12.6 Å². The van der Waals surface area contributed by atoms with E-state index in [0.29, 0.717) is 0 Å². The number of aliphatic carboxylic acids is 1. The number of nitrogens with zero attached hydrogens (tertiary/aromatic N) is 1. The van der Waals surface area contributed by atoms with Crippen LogP contribution in [-0.2, 0) is 16.0 Å². The molecule has 2 aromatic carbocycles. The first kappa shape index (κ1) is 20.5. The molecule has 0 spiro atoms. The van der Waals surface area contributed by atoms with Gasteiger partial charge in [-0.1, -0.05) is 48.5 Å². The van der Waals surface area contributed by atoms with E-state index >= 15 is 0 Å². The Morgan fingerprint density at radius 2 is 1.65 bits per heavy atom. The Morgan fingerprint density at radius 3 is 2.26 bits per heavy atom. The molecule has 6 nitrogen and oxygen atoms in total. The van der Waals surface area contributed by atoms with E-state index in [1.54, 1.807) is 0 Å². The fraction of sp³-hybridized carbons (Fsp3) is 0.174. The highest BCUT2D eigenvalue weighted by molar-refractivity contribution is 5.81. The minimum absolute atomic E-state index is 0.00441. The molecule has 1 aliphatic rings. The van der Waals surface area contributed by atoms with Gasteiger partial charge in [-0.25, -0.2) is 19.0 Å². The topological polar surface area (TPSA) is 88.5 Å². The molecule has 1 heterocycles. The van der Waals surface area contributed by atoms with E-state index < -0.39 is 36.3 Å². The van der Waals surface area contributed by atoms with Gasteiger partial charge in [0.15, 0.2) is 5.82 Å². The summed E-state index contributed by atoms with van der Waals surface area (Å²) in [5, 5.41) is 11.6. The van der Waals surface area contributed by atoms with E-state index in [4.69, 9.17) is 4.74 Å². The van der Waals surface area contributed by atoms with Gasteiger partial charge in [-0.3, -0.25) is 0 Å². The zero-order valence-electron chi connectivity index (χ0n) is 16.2. The Bertz CT molecular complexity index is 1110. The Hall–Kier alpha value is -3.81. The van der Waals surface area contributed by atoms with Gasteiger partial charge in [-0.2, -0.15) is 4.39 Å². The van der Waals surface area contributed by atoms with Crippen molar-refractivity contribution in [2.24, 2.45) is 0 Å². The lowest BCUT2D eigenvalue weighted by molar-refractivity contribution is -0.139. The number of amides is 1. The smallest absolute Gasteiger partial charge is 0.407 e. The third-order valence-electron chi connectivity index (χ3n) is 5.28. The molecule has 4 rings (SSSR count). The predicted octanol–water partition coefficient (Wildman–Crippen LogP) is 3.89. The molecule has 0 aliphatic heterocycles. The Morgan fingerprint density at radius 1 is 1.03 bits per heavy atom. The van der Waals surface area contributed by atoms with Gasteiger partial charge in [0.05, 0.1) is 0 Å². The summed E-state index contributed by atoms with van der Waals surface area (Å²) in [7, 11) is 0. The van der Waals surface area contributed by atoms with Crippen LogP contribution in [0.5, 0.6) is 0 Å². The van der Waals surface area contributed by atoms with Crippen molar-refractivity contribution in [1.29, 1.82) is 0 Å². The number of alkyl carbamates (subject to hydrolysis) is 1. The molecule has 1 atom stereocenters. The molecule has 0 radical (unpaired) electrons. The normalized spacial score (nSPS) is 13.2. The molecule has 0 bridgehead atoms. The standard InChI is InChI=1S/C23H18F2N2O4/c24-20-13(9-10-26-21(20)25)11-19(22(28)29)27-23(30)31-12-18-16-7-3-1-5-14(16)15-6-2-4-8-17(15)18/h1-10,18-19H,11-12H2,(H,27,30)(H,28,29)/t19-/m0/s1. The fourth-order valence-electron chi connectivity index (χ4n) is 3.81. The minimum Gasteiger partial charge on any atom is -0.480 e. The van der Waals surface area contributed by atoms with Crippen molar-refractivity contribution in [1.82, 2.24) is 10.3 Å². The highest BCUT2D eigenvalue weighted by Crippen LogP contribution is 2.44. The molecule has 0 saturated carbocycles. The van der Waals surface area contributed by atoms with E-state index in [9.17, 15) is 23.5 Å². The van der Waals surface area contributed by atoms with Crippen LogP contribution in [0.4, 0.5) is 13.6 Å². The molecule has 1 aliphatic carbocycles. The molecule has 2 N–H and O–H groups in total. The molecule has 1 amide bonds. The number of fused-ring (bicyclic) bond motifs is 3. The van der Waals surface area contributed by atoms with Crippen molar-refractivity contribution in [3.8, 4) is 11.1 Å². The highest BCUT2D eigenvalue weighted by Gasteiger charge is 2.30. The molecule has 31 heavy (non-hydrogen) atoms. The van der Waals surface area contributed by atoms with Crippen LogP contribution in [0.2, 0.25) is 0 Å². The number of carboxylic acid groups (broad SMARTS) is 1. The highest BCUT2D eigenvalue weighted by atomic mass is 19.2. The lowest BCUT2D eigenvalue weighted by Gasteiger charge is -2.17. The Balaban J connectivity index is 1.45. The number of benzene rings is 2. The van der Waals surface area contributed by atoms with Gasteiger partial charge in [0, 0.05) is 18.5 Å². The van der Waals surface area contributed by atoms with Gasteiger partial charge >= 0.3 is 12.1 Å². The lowest BCUT2D eigenvalue weighted by atomic mass is 9.98. The second kappa shape index (κ2) is 8.51. The predicted molar refractivity (Wildman–Crippen MR) is 107 cm³/mol. The SMILES string of the molecule is O=C(N[C@@H](Cc1ccnc(F)c1F)C(=O)O)OCC1c2ccccc2-c2ccccc21. The number of aromatic nitrogens is 1. The quantitative estimate of drug-likeness (QED) is 0.586. The number of carbonyl (C=O) groups excluding carboxylic acids is 1. The maximum Gasteiger partial charge on any atom is 0.407 e. The zero-order valence-corrected chi connectivity index (χ0v) is 16.2. The number of ether oxygens (including phenoxy) is 1. The maximum atomic E-state index is 13.8. The summed E-state index contributed by atoms with van der Waals surface area (Å²) in [6, 6.07) is 15.3. The summed E-state index contributed by atoms with van der Waals surface area (Å²) in [4.78, 5) is 27.0. The van der Waals surface area contributed by atoms with E-state index in [1.165, 1.54) is 0 Å². The maximum absolute atomic E-state index is 13.8. The Kier molecular flexibility index (Phi) is 5.62. The number of halogens is 2. The number of hydrogen-bond acceptors (Lipinski definition) is 4.